The standard InChI is InChI=1S/C22H24N4O4/c1-14(2)10-26-13-23-19-6-5-16(9-18(19)22(26)29)24-21(28)15-8-20(27)25(11-15)12-17-4-3-7-30-17/h3-7,9,13-15H,8,10-12H2,1-2H3,(H,24,28). The van der Waals surface area contributed by atoms with Gasteiger partial charge < -0.3 is 14.6 Å². The molecule has 1 fully saturated rings. The van der Waals surface area contributed by atoms with Crippen LogP contribution in [0.2, 0.25) is 0 Å². The minimum absolute atomic E-state index is 0.0779. The molecule has 1 unspecified atom stereocenters. The number of aromatic nitrogens is 2. The van der Waals surface area contributed by atoms with Gasteiger partial charge in [0.2, 0.25) is 11.8 Å². The highest BCUT2D eigenvalue weighted by Crippen LogP contribution is 2.23. The van der Waals surface area contributed by atoms with E-state index in [0.29, 0.717) is 47.9 Å². The van der Waals surface area contributed by atoms with E-state index >= 15 is 0 Å². The normalized spacial score (nSPS) is 16.6. The van der Waals surface area contributed by atoms with Gasteiger partial charge in [-0.15, -0.1) is 0 Å². The number of anilines is 1. The van der Waals surface area contributed by atoms with Crippen LogP contribution >= 0.6 is 0 Å². The lowest BCUT2D eigenvalue weighted by molar-refractivity contribution is -0.128. The van der Waals surface area contributed by atoms with E-state index in [9.17, 15) is 14.4 Å². The van der Waals surface area contributed by atoms with E-state index in [1.54, 1.807) is 52.4 Å². The van der Waals surface area contributed by atoms with Crippen LogP contribution < -0.4 is 10.9 Å². The number of carbonyl (C=O) groups is 2. The summed E-state index contributed by atoms with van der Waals surface area (Å²) in [6.07, 6.45) is 3.27. The molecule has 0 saturated carbocycles. The summed E-state index contributed by atoms with van der Waals surface area (Å²) >= 11 is 0. The van der Waals surface area contributed by atoms with Gasteiger partial charge >= 0.3 is 0 Å². The fraction of sp³-hybridized carbons (Fsp3) is 0.364. The summed E-state index contributed by atoms with van der Waals surface area (Å²) in [7, 11) is 0. The molecule has 0 aliphatic carbocycles. The van der Waals surface area contributed by atoms with Gasteiger partial charge in [0.15, 0.2) is 0 Å². The number of nitrogens with zero attached hydrogens (tertiary/aromatic N) is 3. The monoisotopic (exact) mass is 408 g/mol. The molecule has 1 saturated heterocycles. The predicted molar refractivity (Wildman–Crippen MR) is 112 cm³/mol. The second kappa shape index (κ2) is 8.14. The Labute approximate surface area is 173 Å². The van der Waals surface area contributed by atoms with Gasteiger partial charge in [0, 0.05) is 25.2 Å². The summed E-state index contributed by atoms with van der Waals surface area (Å²) in [5.74, 6) is 0.231. The molecule has 0 spiro atoms. The fourth-order valence-corrected chi connectivity index (χ4v) is 3.70. The second-order valence-corrected chi connectivity index (χ2v) is 8.07. The zero-order valence-electron chi connectivity index (χ0n) is 17.0. The molecule has 1 aliphatic heterocycles. The van der Waals surface area contributed by atoms with Crippen molar-refractivity contribution >= 4 is 28.4 Å². The highest BCUT2D eigenvalue weighted by Gasteiger charge is 2.34. The Morgan fingerprint density at radius 3 is 2.87 bits per heavy atom. The molecule has 156 valence electrons. The highest BCUT2D eigenvalue weighted by molar-refractivity contribution is 5.98. The first-order valence-corrected chi connectivity index (χ1v) is 10.0. The molecular weight excluding hydrogens is 384 g/mol. The number of fused-ring (bicyclic) bond motifs is 1. The average Bonchev–Trinajstić information content (AvgIpc) is 3.35. The van der Waals surface area contributed by atoms with Gasteiger partial charge in [-0.2, -0.15) is 0 Å². The number of carbonyl (C=O) groups excluding carboxylic acids is 2. The van der Waals surface area contributed by atoms with Gasteiger partial charge in [0.25, 0.3) is 5.56 Å². The molecule has 0 radical (unpaired) electrons. The van der Waals surface area contributed by atoms with Gasteiger partial charge in [-0.3, -0.25) is 19.0 Å². The van der Waals surface area contributed by atoms with Crippen molar-refractivity contribution in [2.45, 2.75) is 33.4 Å². The maximum absolute atomic E-state index is 12.7. The van der Waals surface area contributed by atoms with E-state index in [1.807, 2.05) is 13.8 Å². The van der Waals surface area contributed by atoms with Gasteiger partial charge in [-0.1, -0.05) is 13.8 Å². The predicted octanol–water partition coefficient (Wildman–Crippen LogP) is 2.63. The third kappa shape index (κ3) is 4.12. The van der Waals surface area contributed by atoms with Crippen LogP contribution in [0.15, 0.2) is 52.1 Å². The third-order valence-electron chi connectivity index (χ3n) is 5.17. The van der Waals surface area contributed by atoms with Crippen molar-refractivity contribution in [3.8, 4) is 0 Å². The molecule has 0 bridgehead atoms. The number of nitrogens with one attached hydrogen (secondary N) is 1. The van der Waals surface area contributed by atoms with Crippen molar-refractivity contribution in [3.63, 3.8) is 0 Å². The molecule has 4 rings (SSSR count). The molecule has 2 aromatic heterocycles. The molecule has 2 amide bonds. The van der Waals surface area contributed by atoms with E-state index in [1.165, 1.54) is 0 Å². The van der Waals surface area contributed by atoms with E-state index in [0.717, 1.165) is 0 Å². The Bertz CT molecular complexity index is 1130. The second-order valence-electron chi connectivity index (χ2n) is 8.07. The molecular formula is C22H24N4O4. The van der Waals surface area contributed by atoms with Crippen molar-refractivity contribution < 1.29 is 14.0 Å². The molecule has 1 atom stereocenters. The molecule has 3 heterocycles. The van der Waals surface area contributed by atoms with Crippen LogP contribution in [0, 0.1) is 11.8 Å². The molecule has 8 nitrogen and oxygen atoms in total. The van der Waals surface area contributed by atoms with Crippen LogP contribution in [-0.4, -0.2) is 32.8 Å². The minimum Gasteiger partial charge on any atom is -0.467 e. The summed E-state index contributed by atoms with van der Waals surface area (Å²) in [6.45, 7) is 5.33. The van der Waals surface area contributed by atoms with Crippen molar-refractivity contribution in [3.05, 3.63) is 59.0 Å². The largest absolute Gasteiger partial charge is 0.467 e. The Hall–Kier alpha value is -3.42. The quantitative estimate of drug-likeness (QED) is 0.676. The van der Waals surface area contributed by atoms with Gasteiger partial charge in [-0.05, 0) is 36.2 Å². The van der Waals surface area contributed by atoms with Crippen LogP contribution in [0.5, 0.6) is 0 Å². The molecule has 1 aromatic carbocycles. The average molecular weight is 408 g/mol. The highest BCUT2D eigenvalue weighted by atomic mass is 16.3. The topological polar surface area (TPSA) is 97.4 Å². The summed E-state index contributed by atoms with van der Waals surface area (Å²) in [6, 6.07) is 8.66. The Balaban J connectivity index is 1.48. The lowest BCUT2D eigenvalue weighted by atomic mass is 10.1. The number of amides is 2. The molecule has 1 aliphatic rings. The first-order valence-electron chi connectivity index (χ1n) is 10.0. The summed E-state index contributed by atoms with van der Waals surface area (Å²) in [5.41, 5.74) is 0.967. The Morgan fingerprint density at radius 1 is 1.30 bits per heavy atom. The summed E-state index contributed by atoms with van der Waals surface area (Å²) in [5, 5.41) is 3.30. The van der Waals surface area contributed by atoms with Crippen molar-refractivity contribution in [1.29, 1.82) is 0 Å². The lowest BCUT2D eigenvalue weighted by Crippen LogP contribution is -2.28. The molecule has 8 heteroatoms. The molecule has 1 N–H and O–H groups in total. The number of hydrogen-bond acceptors (Lipinski definition) is 5. The van der Waals surface area contributed by atoms with Crippen LogP contribution in [-0.2, 0) is 22.7 Å². The SMILES string of the molecule is CC(C)Cn1cnc2ccc(NC(=O)C3CC(=O)N(Cc4ccco4)C3)cc2c1=O. The van der Waals surface area contributed by atoms with Crippen molar-refractivity contribution in [1.82, 2.24) is 14.5 Å². The van der Waals surface area contributed by atoms with Gasteiger partial charge in [0.1, 0.15) is 5.76 Å². The van der Waals surface area contributed by atoms with E-state index in [2.05, 4.69) is 10.3 Å². The maximum atomic E-state index is 12.7. The van der Waals surface area contributed by atoms with Crippen molar-refractivity contribution in [2.75, 3.05) is 11.9 Å². The summed E-state index contributed by atoms with van der Waals surface area (Å²) in [4.78, 5) is 43.7. The zero-order chi connectivity index (χ0) is 21.3. The van der Waals surface area contributed by atoms with Crippen LogP contribution in [0.4, 0.5) is 5.69 Å². The van der Waals surface area contributed by atoms with Gasteiger partial charge in [-0.25, -0.2) is 4.98 Å². The Kier molecular flexibility index (Phi) is 5.39. The number of benzene rings is 1. The van der Waals surface area contributed by atoms with Crippen molar-refractivity contribution in [2.24, 2.45) is 11.8 Å². The van der Waals surface area contributed by atoms with E-state index < -0.39 is 5.92 Å². The van der Waals surface area contributed by atoms with Crippen LogP contribution in [0.25, 0.3) is 10.9 Å². The first-order chi connectivity index (χ1) is 14.4. The minimum atomic E-state index is -0.449. The number of hydrogen-bond donors (Lipinski definition) is 1. The molecule has 3 aromatic rings. The fourth-order valence-electron chi connectivity index (χ4n) is 3.70. The summed E-state index contributed by atoms with van der Waals surface area (Å²) < 4.78 is 6.87. The number of furan rings is 1. The van der Waals surface area contributed by atoms with Crippen LogP contribution in [0.3, 0.4) is 0 Å². The zero-order valence-corrected chi connectivity index (χ0v) is 17.0. The number of likely N-dealkylation sites (tertiary alicyclic amines) is 1. The Morgan fingerprint density at radius 2 is 2.13 bits per heavy atom. The first kappa shape index (κ1) is 19.9. The smallest absolute Gasteiger partial charge is 0.261 e. The van der Waals surface area contributed by atoms with E-state index in [4.69, 9.17) is 4.42 Å². The van der Waals surface area contributed by atoms with Gasteiger partial charge in [0.05, 0.1) is 36.0 Å². The third-order valence-corrected chi connectivity index (χ3v) is 5.17. The molecule has 30 heavy (non-hydrogen) atoms. The maximum Gasteiger partial charge on any atom is 0.261 e. The lowest BCUT2D eigenvalue weighted by Gasteiger charge is -2.15. The number of rotatable bonds is 6. The van der Waals surface area contributed by atoms with E-state index in [-0.39, 0.29) is 23.8 Å². The van der Waals surface area contributed by atoms with Crippen LogP contribution in [0.1, 0.15) is 26.0 Å².